The highest BCUT2D eigenvalue weighted by atomic mass is 32.2. The molecule has 0 radical (unpaired) electrons. The van der Waals surface area contributed by atoms with E-state index in [2.05, 4.69) is 0 Å². The first-order valence-electron chi connectivity index (χ1n) is 7.56. The molecule has 0 amide bonds. The topological polar surface area (TPSA) is 93.1 Å². The number of sulfonamides is 1. The van der Waals surface area contributed by atoms with Gasteiger partial charge in [0.2, 0.25) is 10.0 Å². The quantitative estimate of drug-likeness (QED) is 0.684. The van der Waals surface area contributed by atoms with Gasteiger partial charge < -0.3 is 14.6 Å². The van der Waals surface area contributed by atoms with E-state index in [9.17, 15) is 13.2 Å². The standard InChI is InChI=1S/C15H21NO6S2/c1-12(15(17)18)23-11-10-22-13-2-4-14(5-3-13)24(19,20)16-6-8-21-9-7-16/h2-5,12H,6-11H2,1H3,(H,17,18)/t12-/m0/s1. The van der Waals surface area contributed by atoms with Gasteiger partial charge in [-0.15, -0.1) is 11.8 Å². The maximum atomic E-state index is 12.5. The molecular formula is C15H21NO6S2. The van der Waals surface area contributed by atoms with Crippen LogP contribution < -0.4 is 4.74 Å². The second-order valence-corrected chi connectivity index (χ2v) is 8.57. The van der Waals surface area contributed by atoms with E-state index in [0.29, 0.717) is 44.4 Å². The number of hydrogen-bond donors (Lipinski definition) is 1. The van der Waals surface area contributed by atoms with E-state index in [0.717, 1.165) is 0 Å². The summed E-state index contributed by atoms with van der Waals surface area (Å²) in [5, 5.41) is 8.31. The van der Waals surface area contributed by atoms with Crippen molar-refractivity contribution in [2.24, 2.45) is 0 Å². The Kier molecular flexibility index (Phi) is 6.90. The molecular weight excluding hydrogens is 354 g/mol. The molecule has 1 aliphatic rings. The van der Waals surface area contributed by atoms with Gasteiger partial charge in [0.25, 0.3) is 0 Å². The highest BCUT2D eigenvalue weighted by molar-refractivity contribution is 8.00. The van der Waals surface area contributed by atoms with Crippen LogP contribution in [0.25, 0.3) is 0 Å². The molecule has 24 heavy (non-hydrogen) atoms. The summed E-state index contributed by atoms with van der Waals surface area (Å²) in [7, 11) is -3.50. The zero-order valence-electron chi connectivity index (χ0n) is 13.4. The van der Waals surface area contributed by atoms with Gasteiger partial charge in [0, 0.05) is 18.8 Å². The van der Waals surface area contributed by atoms with Crippen molar-refractivity contribution in [1.82, 2.24) is 4.31 Å². The molecule has 0 unspecified atom stereocenters. The van der Waals surface area contributed by atoms with Gasteiger partial charge in [-0.3, -0.25) is 4.79 Å². The Morgan fingerprint density at radius 1 is 1.33 bits per heavy atom. The van der Waals surface area contributed by atoms with Crippen LogP contribution in [0.2, 0.25) is 0 Å². The molecule has 0 bridgehead atoms. The summed E-state index contributed by atoms with van der Waals surface area (Å²) >= 11 is 1.29. The van der Waals surface area contributed by atoms with Gasteiger partial charge in [-0.2, -0.15) is 4.31 Å². The summed E-state index contributed by atoms with van der Waals surface area (Å²) in [6, 6.07) is 6.26. The SMILES string of the molecule is C[C@H](SCCOc1ccc(S(=O)(=O)N2CCOCC2)cc1)C(=O)O. The van der Waals surface area contributed by atoms with E-state index in [-0.39, 0.29) is 4.90 Å². The molecule has 0 saturated carbocycles. The van der Waals surface area contributed by atoms with Gasteiger partial charge in [0.05, 0.1) is 30.0 Å². The monoisotopic (exact) mass is 375 g/mol. The minimum absolute atomic E-state index is 0.227. The van der Waals surface area contributed by atoms with E-state index in [4.69, 9.17) is 14.6 Å². The van der Waals surface area contributed by atoms with E-state index in [1.165, 1.54) is 28.2 Å². The molecule has 1 atom stereocenters. The van der Waals surface area contributed by atoms with Crippen LogP contribution in [0.5, 0.6) is 5.75 Å². The van der Waals surface area contributed by atoms with Crippen LogP contribution in [0.3, 0.4) is 0 Å². The van der Waals surface area contributed by atoms with Crippen LogP contribution >= 0.6 is 11.8 Å². The van der Waals surface area contributed by atoms with Gasteiger partial charge in [0.15, 0.2) is 0 Å². The zero-order chi connectivity index (χ0) is 17.6. The number of rotatable bonds is 8. The molecule has 1 N–H and O–H groups in total. The number of carboxylic acids is 1. The number of hydrogen-bond acceptors (Lipinski definition) is 6. The van der Waals surface area contributed by atoms with Gasteiger partial charge >= 0.3 is 5.97 Å². The predicted molar refractivity (Wildman–Crippen MR) is 91.1 cm³/mol. The van der Waals surface area contributed by atoms with Gasteiger partial charge in [0.1, 0.15) is 5.75 Å². The Labute approximate surface area is 146 Å². The van der Waals surface area contributed by atoms with Crippen LogP contribution in [0, 0.1) is 0 Å². The number of nitrogens with zero attached hydrogens (tertiary/aromatic N) is 1. The van der Waals surface area contributed by atoms with Crippen LogP contribution in [0.1, 0.15) is 6.92 Å². The first-order chi connectivity index (χ1) is 11.4. The third-order valence-electron chi connectivity index (χ3n) is 3.50. The zero-order valence-corrected chi connectivity index (χ0v) is 15.0. The van der Waals surface area contributed by atoms with Gasteiger partial charge in [-0.25, -0.2) is 8.42 Å². The van der Waals surface area contributed by atoms with Crippen LogP contribution in [-0.4, -0.2) is 67.7 Å². The van der Waals surface area contributed by atoms with Crippen molar-refractivity contribution in [3.05, 3.63) is 24.3 Å². The van der Waals surface area contributed by atoms with Crippen LogP contribution in [0.15, 0.2) is 29.2 Å². The normalized spacial score (nSPS) is 17.4. The molecule has 1 aliphatic heterocycles. The first-order valence-corrected chi connectivity index (χ1v) is 10.1. The Morgan fingerprint density at radius 2 is 1.96 bits per heavy atom. The average Bonchev–Trinajstić information content (AvgIpc) is 2.59. The summed E-state index contributed by atoms with van der Waals surface area (Å²) < 4.78 is 37.0. The average molecular weight is 375 g/mol. The highest BCUT2D eigenvalue weighted by Gasteiger charge is 2.26. The summed E-state index contributed by atoms with van der Waals surface area (Å²) in [5.74, 6) is 0.249. The Hall–Kier alpha value is -1.29. The molecule has 1 fully saturated rings. The Morgan fingerprint density at radius 3 is 2.54 bits per heavy atom. The molecule has 134 valence electrons. The summed E-state index contributed by atoms with van der Waals surface area (Å²) in [6.07, 6.45) is 0. The lowest BCUT2D eigenvalue weighted by Gasteiger charge is -2.26. The molecule has 1 heterocycles. The molecule has 9 heteroatoms. The molecule has 0 aromatic heterocycles. The third-order valence-corrected chi connectivity index (χ3v) is 6.52. The lowest BCUT2D eigenvalue weighted by Crippen LogP contribution is -2.40. The number of carbonyl (C=O) groups is 1. The number of ether oxygens (including phenoxy) is 2. The fraction of sp³-hybridized carbons (Fsp3) is 0.533. The molecule has 2 rings (SSSR count). The van der Waals surface area contributed by atoms with Crippen molar-refractivity contribution >= 4 is 27.8 Å². The van der Waals surface area contributed by atoms with Gasteiger partial charge in [-0.05, 0) is 31.2 Å². The molecule has 1 aromatic rings. The van der Waals surface area contributed by atoms with Crippen molar-refractivity contribution in [3.8, 4) is 5.75 Å². The van der Waals surface area contributed by atoms with Crippen LogP contribution in [0.4, 0.5) is 0 Å². The second-order valence-electron chi connectivity index (χ2n) is 5.19. The highest BCUT2D eigenvalue weighted by Crippen LogP contribution is 2.21. The number of thioether (sulfide) groups is 1. The lowest BCUT2D eigenvalue weighted by atomic mass is 10.3. The summed E-state index contributed by atoms with van der Waals surface area (Å²) in [5.41, 5.74) is 0. The number of benzene rings is 1. The van der Waals surface area contributed by atoms with Crippen LogP contribution in [-0.2, 0) is 19.6 Å². The minimum Gasteiger partial charge on any atom is -0.493 e. The Balaban J connectivity index is 1.87. The number of aliphatic carboxylic acids is 1. The molecule has 0 aliphatic carbocycles. The van der Waals surface area contributed by atoms with Crippen molar-refractivity contribution in [2.45, 2.75) is 17.1 Å². The van der Waals surface area contributed by atoms with Crippen molar-refractivity contribution < 1.29 is 27.8 Å². The maximum Gasteiger partial charge on any atom is 0.316 e. The van der Waals surface area contributed by atoms with Gasteiger partial charge in [-0.1, -0.05) is 0 Å². The third kappa shape index (κ3) is 5.10. The second kappa shape index (κ2) is 8.70. The smallest absolute Gasteiger partial charge is 0.316 e. The number of morpholine rings is 1. The first kappa shape index (κ1) is 19.0. The predicted octanol–water partition coefficient (Wildman–Crippen LogP) is 1.29. The van der Waals surface area contributed by atoms with Crippen molar-refractivity contribution in [2.75, 3.05) is 38.7 Å². The van der Waals surface area contributed by atoms with Crippen molar-refractivity contribution in [1.29, 1.82) is 0 Å². The minimum atomic E-state index is -3.50. The maximum absolute atomic E-state index is 12.5. The van der Waals surface area contributed by atoms with E-state index in [1.54, 1.807) is 19.1 Å². The molecule has 1 aromatic carbocycles. The van der Waals surface area contributed by atoms with Crippen molar-refractivity contribution in [3.63, 3.8) is 0 Å². The fourth-order valence-electron chi connectivity index (χ4n) is 2.10. The fourth-order valence-corrected chi connectivity index (χ4v) is 4.18. The summed E-state index contributed by atoms with van der Waals surface area (Å²) in [4.78, 5) is 10.9. The summed E-state index contributed by atoms with van der Waals surface area (Å²) in [6.45, 7) is 3.52. The van der Waals surface area contributed by atoms with E-state index < -0.39 is 21.2 Å². The van der Waals surface area contributed by atoms with E-state index >= 15 is 0 Å². The molecule has 7 nitrogen and oxygen atoms in total. The number of carboxylic acid groups (broad SMARTS) is 1. The molecule has 0 spiro atoms. The van der Waals surface area contributed by atoms with E-state index in [1.807, 2.05) is 0 Å². The lowest BCUT2D eigenvalue weighted by molar-refractivity contribution is -0.136. The largest absolute Gasteiger partial charge is 0.493 e. The Bertz CT molecular complexity index is 640. The molecule has 1 saturated heterocycles.